The van der Waals surface area contributed by atoms with Crippen molar-refractivity contribution in [1.82, 2.24) is 14.8 Å². The van der Waals surface area contributed by atoms with Gasteiger partial charge < -0.3 is 9.47 Å². The highest BCUT2D eigenvalue weighted by atomic mass is 35.5. The molecule has 0 aliphatic heterocycles. The number of halogens is 4. The standard InChI is InChI=1S/C26H19ClF3N3O2/c1-34-23-8-4-20(5-9-23)17-35-25-16-22(14-18-2-6-21(27)7-3-18)32-33(25)24-15-19(11-13-31-24)10-12-26(28,29)30/h2-9,11,13,15-16H,14,17H2,1H3. The number of rotatable bonds is 7. The molecule has 0 radical (unpaired) electrons. The normalized spacial score (nSPS) is 11.0. The quantitative estimate of drug-likeness (QED) is 0.293. The van der Waals surface area contributed by atoms with Crippen LogP contribution < -0.4 is 9.47 Å². The van der Waals surface area contributed by atoms with Crippen LogP contribution in [-0.2, 0) is 13.0 Å². The van der Waals surface area contributed by atoms with Gasteiger partial charge in [0, 0.05) is 35.2 Å². The first kappa shape index (κ1) is 24.2. The lowest BCUT2D eigenvalue weighted by atomic mass is 10.1. The number of methoxy groups -OCH3 is 1. The zero-order valence-corrected chi connectivity index (χ0v) is 19.3. The number of ether oxygens (including phenoxy) is 2. The van der Waals surface area contributed by atoms with Gasteiger partial charge in [0.25, 0.3) is 0 Å². The summed E-state index contributed by atoms with van der Waals surface area (Å²) in [6, 6.07) is 19.4. The second-order valence-corrected chi connectivity index (χ2v) is 7.91. The fourth-order valence-corrected chi connectivity index (χ4v) is 3.34. The lowest BCUT2D eigenvalue weighted by Gasteiger charge is -2.09. The number of benzene rings is 2. The lowest BCUT2D eigenvalue weighted by molar-refractivity contribution is -0.0696. The van der Waals surface area contributed by atoms with E-state index in [1.54, 1.807) is 25.3 Å². The highest BCUT2D eigenvalue weighted by Gasteiger charge is 2.23. The first-order valence-corrected chi connectivity index (χ1v) is 10.8. The van der Waals surface area contributed by atoms with Crippen molar-refractivity contribution >= 4 is 11.6 Å². The fourth-order valence-electron chi connectivity index (χ4n) is 3.21. The van der Waals surface area contributed by atoms with Gasteiger partial charge in [-0.2, -0.15) is 23.0 Å². The van der Waals surface area contributed by atoms with Crippen molar-refractivity contribution < 1.29 is 22.6 Å². The van der Waals surface area contributed by atoms with Crippen LogP contribution >= 0.6 is 11.6 Å². The van der Waals surface area contributed by atoms with Crippen LogP contribution in [0.1, 0.15) is 22.4 Å². The smallest absolute Gasteiger partial charge is 0.458 e. The van der Waals surface area contributed by atoms with Gasteiger partial charge in [0.15, 0.2) is 5.82 Å². The third-order valence-electron chi connectivity index (χ3n) is 4.88. The molecule has 2 aromatic heterocycles. The molecule has 5 nitrogen and oxygen atoms in total. The SMILES string of the molecule is COc1ccc(COc2cc(Cc3ccc(Cl)cc3)nn2-c2cc(C#CC(F)(F)F)ccn2)cc1. The molecule has 2 heterocycles. The summed E-state index contributed by atoms with van der Waals surface area (Å²) in [5, 5.41) is 5.22. The van der Waals surface area contributed by atoms with Crippen LogP contribution in [0.3, 0.4) is 0 Å². The molecule has 0 spiro atoms. The van der Waals surface area contributed by atoms with Gasteiger partial charge in [-0.3, -0.25) is 0 Å². The average molecular weight is 498 g/mol. The molecule has 0 fully saturated rings. The zero-order chi connectivity index (χ0) is 24.8. The molecule has 0 saturated heterocycles. The van der Waals surface area contributed by atoms with Crippen molar-refractivity contribution in [1.29, 1.82) is 0 Å². The molecule has 0 aliphatic carbocycles. The first-order chi connectivity index (χ1) is 16.8. The molecule has 0 N–H and O–H groups in total. The maximum atomic E-state index is 12.5. The second-order valence-electron chi connectivity index (χ2n) is 7.48. The van der Waals surface area contributed by atoms with Crippen molar-refractivity contribution in [2.75, 3.05) is 7.11 Å². The predicted molar refractivity (Wildman–Crippen MR) is 126 cm³/mol. The van der Waals surface area contributed by atoms with Crippen LogP contribution in [0, 0.1) is 11.8 Å². The van der Waals surface area contributed by atoms with Crippen molar-refractivity contribution in [2.45, 2.75) is 19.2 Å². The van der Waals surface area contributed by atoms with E-state index >= 15 is 0 Å². The molecule has 0 bridgehead atoms. The summed E-state index contributed by atoms with van der Waals surface area (Å²) >= 11 is 5.97. The predicted octanol–water partition coefficient (Wildman–Crippen LogP) is 6.01. The molecule has 4 rings (SSSR count). The van der Waals surface area contributed by atoms with E-state index in [4.69, 9.17) is 21.1 Å². The Morgan fingerprint density at radius 1 is 0.971 bits per heavy atom. The number of pyridine rings is 1. The summed E-state index contributed by atoms with van der Waals surface area (Å²) in [4.78, 5) is 4.26. The number of nitrogens with zero attached hydrogens (tertiary/aromatic N) is 3. The minimum absolute atomic E-state index is 0.156. The van der Waals surface area contributed by atoms with Gasteiger partial charge in [0.05, 0.1) is 12.8 Å². The summed E-state index contributed by atoms with van der Waals surface area (Å²) in [6.07, 6.45) is -2.71. The first-order valence-electron chi connectivity index (χ1n) is 10.4. The average Bonchev–Trinajstić information content (AvgIpc) is 3.25. The molecule has 35 heavy (non-hydrogen) atoms. The Bertz CT molecular complexity index is 1360. The van der Waals surface area contributed by atoms with Gasteiger partial charge in [-0.05, 0) is 47.5 Å². The number of aromatic nitrogens is 3. The molecule has 9 heteroatoms. The Morgan fingerprint density at radius 2 is 1.69 bits per heavy atom. The summed E-state index contributed by atoms with van der Waals surface area (Å²) in [5.41, 5.74) is 2.72. The summed E-state index contributed by atoms with van der Waals surface area (Å²) in [7, 11) is 1.59. The van der Waals surface area contributed by atoms with Gasteiger partial charge in [-0.15, -0.1) is 0 Å². The monoisotopic (exact) mass is 497 g/mol. The van der Waals surface area contributed by atoms with Gasteiger partial charge in [-0.1, -0.05) is 41.8 Å². The molecule has 0 atom stereocenters. The number of alkyl halides is 3. The third-order valence-corrected chi connectivity index (χ3v) is 5.13. The van der Waals surface area contributed by atoms with Crippen LogP contribution in [-0.4, -0.2) is 28.1 Å². The van der Waals surface area contributed by atoms with E-state index in [2.05, 4.69) is 16.0 Å². The van der Waals surface area contributed by atoms with E-state index in [0.717, 1.165) is 16.9 Å². The second kappa shape index (κ2) is 10.5. The van der Waals surface area contributed by atoms with Crippen molar-refractivity contribution in [3.63, 3.8) is 0 Å². The Morgan fingerprint density at radius 3 is 2.37 bits per heavy atom. The number of hydrogen-bond donors (Lipinski definition) is 0. The molecule has 0 aliphatic rings. The summed E-state index contributed by atoms with van der Waals surface area (Å²) < 4.78 is 50.2. The largest absolute Gasteiger partial charge is 0.497 e. The molecule has 2 aromatic carbocycles. The van der Waals surface area contributed by atoms with Crippen LogP contribution in [0.5, 0.6) is 11.6 Å². The third kappa shape index (κ3) is 6.78. The molecule has 4 aromatic rings. The Labute approximate surface area is 205 Å². The lowest BCUT2D eigenvalue weighted by Crippen LogP contribution is -2.06. The molecular formula is C26H19ClF3N3O2. The Hall–Kier alpha value is -3.96. The van der Waals surface area contributed by atoms with E-state index in [-0.39, 0.29) is 18.0 Å². The fraction of sp³-hybridized carbons (Fsp3) is 0.154. The van der Waals surface area contributed by atoms with E-state index in [1.165, 1.54) is 28.9 Å². The van der Waals surface area contributed by atoms with E-state index < -0.39 is 6.18 Å². The topological polar surface area (TPSA) is 49.2 Å². The minimum atomic E-state index is -4.59. The highest BCUT2D eigenvalue weighted by Crippen LogP contribution is 2.23. The maximum Gasteiger partial charge on any atom is 0.458 e. The van der Waals surface area contributed by atoms with Gasteiger partial charge in [0.2, 0.25) is 5.88 Å². The van der Waals surface area contributed by atoms with Gasteiger partial charge in [-0.25, -0.2) is 4.98 Å². The van der Waals surface area contributed by atoms with E-state index in [1.807, 2.05) is 36.4 Å². The van der Waals surface area contributed by atoms with Crippen molar-refractivity contribution in [3.8, 4) is 29.3 Å². The molecule has 178 valence electrons. The molecular weight excluding hydrogens is 479 g/mol. The van der Waals surface area contributed by atoms with E-state index in [0.29, 0.717) is 23.0 Å². The van der Waals surface area contributed by atoms with Crippen LogP contribution in [0.25, 0.3) is 5.82 Å². The van der Waals surface area contributed by atoms with Crippen LogP contribution in [0.2, 0.25) is 5.02 Å². The molecule has 0 unspecified atom stereocenters. The van der Waals surface area contributed by atoms with E-state index in [9.17, 15) is 13.2 Å². The minimum Gasteiger partial charge on any atom is -0.497 e. The number of hydrogen-bond acceptors (Lipinski definition) is 4. The summed E-state index contributed by atoms with van der Waals surface area (Å²) in [6.45, 7) is 0.240. The maximum absolute atomic E-state index is 12.5. The molecule has 0 amide bonds. The zero-order valence-electron chi connectivity index (χ0n) is 18.5. The van der Waals surface area contributed by atoms with Gasteiger partial charge in [0.1, 0.15) is 12.4 Å². The van der Waals surface area contributed by atoms with Gasteiger partial charge >= 0.3 is 6.18 Å². The van der Waals surface area contributed by atoms with Crippen molar-refractivity contribution in [2.24, 2.45) is 0 Å². The van der Waals surface area contributed by atoms with Crippen molar-refractivity contribution in [3.05, 3.63) is 100 Å². The summed E-state index contributed by atoms with van der Waals surface area (Å²) in [5.74, 6) is 4.78. The van der Waals surface area contributed by atoms with Crippen LogP contribution in [0.4, 0.5) is 13.2 Å². The van der Waals surface area contributed by atoms with Crippen LogP contribution in [0.15, 0.2) is 72.9 Å². The highest BCUT2D eigenvalue weighted by molar-refractivity contribution is 6.30. The Kier molecular flexibility index (Phi) is 7.28. The molecule has 0 saturated carbocycles. The Balaban J connectivity index is 1.64.